The molecule has 1 aromatic heterocycles. The van der Waals surface area contributed by atoms with E-state index in [9.17, 15) is 15.0 Å². The van der Waals surface area contributed by atoms with Crippen LogP contribution in [0, 0.1) is 5.92 Å². The van der Waals surface area contributed by atoms with Crippen molar-refractivity contribution in [3.63, 3.8) is 0 Å². The normalized spacial score (nSPS) is 14.7. The highest BCUT2D eigenvalue weighted by Gasteiger charge is 2.21. The predicted molar refractivity (Wildman–Crippen MR) is 153 cm³/mol. The van der Waals surface area contributed by atoms with Gasteiger partial charge in [-0.3, -0.25) is 9.69 Å². The van der Waals surface area contributed by atoms with Crippen molar-refractivity contribution in [1.82, 2.24) is 9.80 Å². The second kappa shape index (κ2) is 11.9. The van der Waals surface area contributed by atoms with Crippen LogP contribution in [0.3, 0.4) is 0 Å². The number of rotatable bonds is 9. The summed E-state index contributed by atoms with van der Waals surface area (Å²) in [5.41, 5.74) is 2.63. The van der Waals surface area contributed by atoms with Crippen LogP contribution in [0.25, 0.3) is 22.3 Å². The molecule has 0 unspecified atom stereocenters. The monoisotopic (exact) mass is 528 g/mol. The number of piperidine rings is 1. The van der Waals surface area contributed by atoms with E-state index in [2.05, 4.69) is 47.2 Å². The van der Waals surface area contributed by atoms with E-state index in [1.807, 2.05) is 24.3 Å². The Balaban J connectivity index is 1.17. The average molecular weight is 529 g/mol. The molecule has 204 valence electrons. The van der Waals surface area contributed by atoms with Gasteiger partial charge in [-0.15, -0.1) is 0 Å². The van der Waals surface area contributed by atoms with Gasteiger partial charge in [-0.05, 0) is 75.1 Å². The summed E-state index contributed by atoms with van der Waals surface area (Å²) in [6.07, 6.45) is 3.69. The molecule has 7 heteroatoms. The molecule has 1 aliphatic heterocycles. The molecule has 0 saturated carbocycles. The van der Waals surface area contributed by atoms with E-state index in [-0.39, 0.29) is 28.2 Å². The first kappa shape index (κ1) is 26.8. The summed E-state index contributed by atoms with van der Waals surface area (Å²) >= 11 is 0. The van der Waals surface area contributed by atoms with Gasteiger partial charge in [0.05, 0.1) is 12.5 Å². The van der Waals surface area contributed by atoms with Crippen molar-refractivity contribution in [3.8, 4) is 28.6 Å². The maximum Gasteiger partial charge on any atom is 0.235 e. The molecule has 0 radical (unpaired) electrons. The van der Waals surface area contributed by atoms with Crippen molar-refractivity contribution in [1.29, 1.82) is 0 Å². The SMILES string of the molecule is COc1c(O)ccc2c(=O)c(O)c(-c3ccc(CN(C)CCC4CCN(Cc5ccccc5)CC4)cc3)oc12. The number of benzene rings is 3. The summed E-state index contributed by atoms with van der Waals surface area (Å²) in [6.45, 7) is 5.21. The largest absolute Gasteiger partial charge is 0.504 e. The fourth-order valence-electron chi connectivity index (χ4n) is 5.44. The average Bonchev–Trinajstić information content (AvgIpc) is 2.95. The van der Waals surface area contributed by atoms with Gasteiger partial charge in [-0.1, -0.05) is 54.6 Å². The van der Waals surface area contributed by atoms with E-state index in [0.717, 1.165) is 44.2 Å². The van der Waals surface area contributed by atoms with Gasteiger partial charge in [-0.2, -0.15) is 0 Å². The zero-order valence-electron chi connectivity index (χ0n) is 22.6. The molecule has 0 spiro atoms. The molecule has 39 heavy (non-hydrogen) atoms. The third-order valence-corrected chi connectivity index (χ3v) is 7.72. The fourth-order valence-corrected chi connectivity index (χ4v) is 5.44. The van der Waals surface area contributed by atoms with Crippen LogP contribution in [0.15, 0.2) is 75.9 Å². The lowest BCUT2D eigenvalue weighted by Gasteiger charge is -2.32. The number of phenolic OH excluding ortho intramolecular Hbond substituents is 1. The van der Waals surface area contributed by atoms with E-state index in [4.69, 9.17) is 9.15 Å². The van der Waals surface area contributed by atoms with Crippen molar-refractivity contribution in [2.45, 2.75) is 32.4 Å². The Labute approximate surface area is 228 Å². The second-order valence-electron chi connectivity index (χ2n) is 10.5. The summed E-state index contributed by atoms with van der Waals surface area (Å²) in [4.78, 5) is 17.7. The molecule has 3 aromatic carbocycles. The first-order valence-corrected chi connectivity index (χ1v) is 13.5. The number of hydrogen-bond donors (Lipinski definition) is 2. The molecule has 0 atom stereocenters. The molecule has 1 fully saturated rings. The molecule has 2 N–H and O–H groups in total. The quantitative estimate of drug-likeness (QED) is 0.292. The van der Waals surface area contributed by atoms with E-state index in [1.54, 1.807) is 0 Å². The predicted octanol–water partition coefficient (Wildman–Crippen LogP) is 5.61. The maximum absolute atomic E-state index is 12.8. The van der Waals surface area contributed by atoms with E-state index in [0.29, 0.717) is 5.56 Å². The highest BCUT2D eigenvalue weighted by Crippen LogP contribution is 2.38. The minimum Gasteiger partial charge on any atom is -0.504 e. The number of methoxy groups -OCH3 is 1. The lowest BCUT2D eigenvalue weighted by Crippen LogP contribution is -2.34. The van der Waals surface area contributed by atoms with E-state index >= 15 is 0 Å². The van der Waals surface area contributed by atoms with E-state index in [1.165, 1.54) is 44.1 Å². The molecule has 5 rings (SSSR count). The van der Waals surface area contributed by atoms with Crippen molar-refractivity contribution in [2.24, 2.45) is 5.92 Å². The lowest BCUT2D eigenvalue weighted by molar-refractivity contribution is 0.162. The molecule has 7 nitrogen and oxygen atoms in total. The van der Waals surface area contributed by atoms with Crippen molar-refractivity contribution < 1.29 is 19.4 Å². The molecular formula is C32H36N2O5. The minimum atomic E-state index is -0.570. The van der Waals surface area contributed by atoms with Crippen LogP contribution in [0.2, 0.25) is 0 Å². The van der Waals surface area contributed by atoms with Crippen LogP contribution in [0.4, 0.5) is 0 Å². The van der Waals surface area contributed by atoms with Crippen molar-refractivity contribution >= 4 is 11.0 Å². The van der Waals surface area contributed by atoms with Gasteiger partial charge < -0.3 is 24.3 Å². The lowest BCUT2D eigenvalue weighted by atomic mass is 9.93. The molecule has 0 bridgehead atoms. The number of nitrogens with zero attached hydrogens (tertiary/aromatic N) is 2. The summed E-state index contributed by atoms with van der Waals surface area (Å²) in [5.74, 6) is 0.272. The molecule has 4 aromatic rings. The van der Waals surface area contributed by atoms with Gasteiger partial charge in [0.25, 0.3) is 0 Å². The van der Waals surface area contributed by atoms with Crippen molar-refractivity contribution in [2.75, 3.05) is 33.8 Å². The van der Waals surface area contributed by atoms with Crippen LogP contribution in [0.1, 0.15) is 30.4 Å². The summed E-state index contributed by atoms with van der Waals surface area (Å²) in [7, 11) is 3.53. The fraction of sp³-hybridized carbons (Fsp3) is 0.344. The van der Waals surface area contributed by atoms with Crippen LogP contribution >= 0.6 is 0 Å². The Kier molecular flexibility index (Phi) is 8.19. The number of phenols is 1. The van der Waals surface area contributed by atoms with Crippen LogP contribution < -0.4 is 10.2 Å². The smallest absolute Gasteiger partial charge is 0.235 e. The number of aromatic hydroxyl groups is 2. The second-order valence-corrected chi connectivity index (χ2v) is 10.5. The Hall–Kier alpha value is -3.81. The van der Waals surface area contributed by atoms with Crippen molar-refractivity contribution in [3.05, 3.63) is 88.1 Å². The Bertz CT molecular complexity index is 1460. The Morgan fingerprint density at radius 2 is 1.69 bits per heavy atom. The zero-order valence-corrected chi connectivity index (χ0v) is 22.6. The Morgan fingerprint density at radius 1 is 0.974 bits per heavy atom. The van der Waals surface area contributed by atoms with Gasteiger partial charge in [0.15, 0.2) is 17.1 Å². The van der Waals surface area contributed by atoms with Gasteiger partial charge >= 0.3 is 0 Å². The highest BCUT2D eigenvalue weighted by molar-refractivity contribution is 5.88. The van der Waals surface area contributed by atoms with E-state index < -0.39 is 11.2 Å². The van der Waals surface area contributed by atoms with Gasteiger partial charge in [-0.25, -0.2) is 0 Å². The van der Waals surface area contributed by atoms with Crippen LogP contribution in [-0.4, -0.2) is 53.8 Å². The maximum atomic E-state index is 12.8. The first-order valence-electron chi connectivity index (χ1n) is 13.5. The number of fused-ring (bicyclic) bond motifs is 1. The standard InChI is InChI=1S/C32H36N2O5/c1-33(17-14-22-15-18-34(19-16-22)21-23-6-4-3-5-7-23)20-24-8-10-25(11-9-24)30-29(37)28(36)26-12-13-27(35)32(38-2)31(26)39-30/h3-13,22,35,37H,14-21H2,1-2H3. The van der Waals surface area contributed by atoms with Gasteiger partial charge in [0.1, 0.15) is 0 Å². The molecule has 0 amide bonds. The summed E-state index contributed by atoms with van der Waals surface area (Å²) in [5, 5.41) is 20.8. The molecule has 1 aliphatic rings. The highest BCUT2D eigenvalue weighted by atomic mass is 16.5. The van der Waals surface area contributed by atoms with Gasteiger partial charge in [0.2, 0.25) is 16.9 Å². The number of likely N-dealkylation sites (tertiary alicyclic amines) is 1. The third kappa shape index (κ3) is 6.10. The summed E-state index contributed by atoms with van der Waals surface area (Å²) < 4.78 is 11.1. The van der Waals surface area contributed by atoms with Crippen LogP contribution in [0.5, 0.6) is 17.2 Å². The molecular weight excluding hydrogens is 492 g/mol. The van der Waals surface area contributed by atoms with Gasteiger partial charge in [0, 0.05) is 18.7 Å². The third-order valence-electron chi connectivity index (χ3n) is 7.72. The zero-order chi connectivity index (χ0) is 27.4. The topological polar surface area (TPSA) is 86.4 Å². The first-order chi connectivity index (χ1) is 18.9. The summed E-state index contributed by atoms with van der Waals surface area (Å²) in [6, 6.07) is 21.1. The molecule has 2 heterocycles. The Morgan fingerprint density at radius 3 is 2.38 bits per heavy atom. The minimum absolute atomic E-state index is 0.0508. The molecule has 1 saturated heterocycles. The van der Waals surface area contributed by atoms with Crippen LogP contribution in [-0.2, 0) is 13.1 Å². The molecule has 0 aliphatic carbocycles. The number of hydrogen-bond acceptors (Lipinski definition) is 7. The number of ether oxygens (including phenoxy) is 1.